The Bertz CT molecular complexity index is 408. The van der Waals surface area contributed by atoms with Crippen LogP contribution in [0.3, 0.4) is 0 Å². The molecular weight excluding hydrogens is 273 g/mol. The maximum absolute atomic E-state index is 5.84. The molecule has 18 heavy (non-hydrogen) atoms. The van der Waals surface area contributed by atoms with E-state index in [9.17, 15) is 0 Å². The van der Waals surface area contributed by atoms with Crippen molar-refractivity contribution < 1.29 is 9.47 Å². The highest BCUT2D eigenvalue weighted by molar-refractivity contribution is 6.36. The molecule has 1 N–H and O–H groups in total. The molecule has 0 radical (unpaired) electrons. The van der Waals surface area contributed by atoms with Crippen molar-refractivity contribution in [1.82, 2.24) is 0 Å². The van der Waals surface area contributed by atoms with E-state index < -0.39 is 0 Å². The van der Waals surface area contributed by atoms with Gasteiger partial charge in [-0.15, -0.1) is 0 Å². The Balaban J connectivity index is 2.84. The van der Waals surface area contributed by atoms with Gasteiger partial charge >= 0.3 is 0 Å². The topological polar surface area (TPSA) is 30.5 Å². The Morgan fingerprint density at radius 1 is 1.28 bits per heavy atom. The lowest BCUT2D eigenvalue weighted by Crippen LogP contribution is -2.05. The average molecular weight is 290 g/mol. The van der Waals surface area contributed by atoms with Crippen molar-refractivity contribution in [1.29, 1.82) is 0 Å². The van der Waals surface area contributed by atoms with Gasteiger partial charge in [-0.2, -0.15) is 0 Å². The van der Waals surface area contributed by atoms with E-state index in [0.29, 0.717) is 24.8 Å². The molecule has 1 aromatic rings. The van der Waals surface area contributed by atoms with E-state index in [0.717, 1.165) is 17.2 Å². The minimum Gasteiger partial charge on any atom is -0.494 e. The first-order valence-corrected chi connectivity index (χ1v) is 6.61. The van der Waals surface area contributed by atoms with Crippen LogP contribution in [-0.4, -0.2) is 19.8 Å². The zero-order valence-corrected chi connectivity index (χ0v) is 12.0. The second-order valence-electron chi connectivity index (χ2n) is 3.43. The first kappa shape index (κ1) is 15.0. The zero-order valence-electron chi connectivity index (χ0n) is 10.5. The Hall–Kier alpha value is -1.06. The fourth-order valence-corrected chi connectivity index (χ4v) is 1.55. The largest absolute Gasteiger partial charge is 0.494 e. The Morgan fingerprint density at radius 2 is 2.00 bits per heavy atom. The molecule has 0 unspecified atom stereocenters. The normalized spacial score (nSPS) is 11.2. The van der Waals surface area contributed by atoms with Crippen molar-refractivity contribution >= 4 is 28.9 Å². The maximum Gasteiger partial charge on any atom is 0.142 e. The van der Waals surface area contributed by atoms with Gasteiger partial charge in [0.1, 0.15) is 11.5 Å². The summed E-state index contributed by atoms with van der Waals surface area (Å²) in [6.45, 7) is 5.54. The van der Waals surface area contributed by atoms with Crippen LogP contribution >= 0.6 is 23.2 Å². The van der Waals surface area contributed by atoms with E-state index in [4.69, 9.17) is 32.7 Å². The summed E-state index contributed by atoms with van der Waals surface area (Å²) in [6.07, 6.45) is 0. The standard InChI is InChI=1S/C13H17Cl2NO2/c1-3-17-11-5-6-13(18-4-2)12(7-11)16-9-10(15)8-14/h5-8,16H,3-4,9H2,1-2H3. The zero-order chi connectivity index (χ0) is 13.4. The maximum atomic E-state index is 5.84. The van der Waals surface area contributed by atoms with E-state index in [1.165, 1.54) is 5.54 Å². The van der Waals surface area contributed by atoms with Gasteiger partial charge in [0.2, 0.25) is 0 Å². The molecule has 5 heteroatoms. The lowest BCUT2D eigenvalue weighted by atomic mass is 10.2. The smallest absolute Gasteiger partial charge is 0.142 e. The second kappa shape index (κ2) is 8.11. The third-order valence-electron chi connectivity index (χ3n) is 2.13. The number of benzene rings is 1. The molecular formula is C13H17Cl2NO2. The van der Waals surface area contributed by atoms with E-state index in [1.54, 1.807) is 0 Å². The van der Waals surface area contributed by atoms with Crippen molar-refractivity contribution in [2.75, 3.05) is 25.1 Å². The number of nitrogens with one attached hydrogen (secondary N) is 1. The number of hydrogen-bond donors (Lipinski definition) is 1. The highest BCUT2D eigenvalue weighted by Crippen LogP contribution is 2.29. The summed E-state index contributed by atoms with van der Waals surface area (Å²) in [5.41, 5.74) is 2.17. The van der Waals surface area contributed by atoms with Crippen LogP contribution < -0.4 is 14.8 Å². The molecule has 1 rings (SSSR count). The molecule has 0 aromatic heterocycles. The fraction of sp³-hybridized carbons (Fsp3) is 0.385. The molecule has 0 aliphatic carbocycles. The monoisotopic (exact) mass is 289 g/mol. The van der Waals surface area contributed by atoms with Crippen LogP contribution in [0.25, 0.3) is 0 Å². The molecule has 0 spiro atoms. The van der Waals surface area contributed by atoms with Crippen LogP contribution in [0.1, 0.15) is 13.8 Å². The molecule has 0 heterocycles. The fourth-order valence-electron chi connectivity index (χ4n) is 1.40. The van der Waals surface area contributed by atoms with Crippen LogP contribution in [-0.2, 0) is 0 Å². The molecule has 0 saturated heterocycles. The summed E-state index contributed by atoms with van der Waals surface area (Å²) in [4.78, 5) is 0. The summed E-state index contributed by atoms with van der Waals surface area (Å²) < 4.78 is 11.0. The van der Waals surface area contributed by atoms with Crippen molar-refractivity contribution in [3.05, 3.63) is 28.8 Å². The van der Waals surface area contributed by atoms with Gasteiger partial charge in [0.15, 0.2) is 0 Å². The van der Waals surface area contributed by atoms with E-state index in [2.05, 4.69) is 5.32 Å². The predicted octanol–water partition coefficient (Wildman–Crippen LogP) is 4.21. The molecule has 0 atom stereocenters. The van der Waals surface area contributed by atoms with Gasteiger partial charge < -0.3 is 14.8 Å². The van der Waals surface area contributed by atoms with Gasteiger partial charge in [-0.3, -0.25) is 0 Å². The molecule has 0 amide bonds. The third kappa shape index (κ3) is 4.67. The van der Waals surface area contributed by atoms with Gasteiger partial charge in [-0.05, 0) is 26.0 Å². The number of halogens is 2. The van der Waals surface area contributed by atoms with E-state index in [1.807, 2.05) is 32.0 Å². The van der Waals surface area contributed by atoms with Crippen molar-refractivity contribution in [2.24, 2.45) is 0 Å². The van der Waals surface area contributed by atoms with E-state index >= 15 is 0 Å². The number of hydrogen-bond acceptors (Lipinski definition) is 3. The number of rotatable bonds is 7. The quantitative estimate of drug-likeness (QED) is 0.815. The Morgan fingerprint density at radius 3 is 2.61 bits per heavy atom. The highest BCUT2D eigenvalue weighted by Gasteiger charge is 2.06. The summed E-state index contributed by atoms with van der Waals surface area (Å²) in [7, 11) is 0. The van der Waals surface area contributed by atoms with Gasteiger partial charge in [0.25, 0.3) is 0 Å². The van der Waals surface area contributed by atoms with Gasteiger partial charge in [-0.1, -0.05) is 23.2 Å². The number of anilines is 1. The predicted molar refractivity (Wildman–Crippen MR) is 77.1 cm³/mol. The Kier molecular flexibility index (Phi) is 6.76. The van der Waals surface area contributed by atoms with Crippen LogP contribution in [0.15, 0.2) is 28.8 Å². The summed E-state index contributed by atoms with van der Waals surface area (Å²) in [5.74, 6) is 1.55. The SMILES string of the molecule is CCOc1ccc(OCC)c(NCC(Cl)=CCl)c1. The van der Waals surface area contributed by atoms with Crippen molar-refractivity contribution in [3.63, 3.8) is 0 Å². The molecule has 0 bridgehead atoms. The lowest BCUT2D eigenvalue weighted by Gasteiger charge is -2.13. The third-order valence-corrected chi connectivity index (χ3v) is 2.75. The lowest BCUT2D eigenvalue weighted by molar-refractivity contribution is 0.332. The Labute approximate surface area is 118 Å². The summed E-state index contributed by atoms with van der Waals surface area (Å²) >= 11 is 11.4. The summed E-state index contributed by atoms with van der Waals surface area (Å²) in [6, 6.07) is 5.63. The highest BCUT2D eigenvalue weighted by atomic mass is 35.5. The second-order valence-corrected chi connectivity index (χ2v) is 4.14. The van der Waals surface area contributed by atoms with Gasteiger partial charge in [0.05, 0.1) is 25.4 Å². The minimum absolute atomic E-state index is 0.445. The van der Waals surface area contributed by atoms with Crippen LogP contribution in [0.5, 0.6) is 11.5 Å². The molecule has 0 aliphatic heterocycles. The van der Waals surface area contributed by atoms with E-state index in [-0.39, 0.29) is 0 Å². The van der Waals surface area contributed by atoms with Gasteiger partial charge in [0, 0.05) is 16.6 Å². The number of ether oxygens (including phenoxy) is 2. The molecule has 3 nitrogen and oxygen atoms in total. The summed E-state index contributed by atoms with van der Waals surface area (Å²) in [5, 5.41) is 3.69. The minimum atomic E-state index is 0.445. The van der Waals surface area contributed by atoms with Crippen LogP contribution in [0.2, 0.25) is 0 Å². The molecule has 100 valence electrons. The molecule has 0 saturated carbocycles. The van der Waals surface area contributed by atoms with Gasteiger partial charge in [-0.25, -0.2) is 0 Å². The molecule has 0 aliphatic rings. The van der Waals surface area contributed by atoms with Crippen LogP contribution in [0, 0.1) is 0 Å². The van der Waals surface area contributed by atoms with Crippen molar-refractivity contribution in [2.45, 2.75) is 13.8 Å². The molecule has 0 fully saturated rings. The van der Waals surface area contributed by atoms with Crippen LogP contribution in [0.4, 0.5) is 5.69 Å². The average Bonchev–Trinajstić information content (AvgIpc) is 2.39. The van der Waals surface area contributed by atoms with Crippen molar-refractivity contribution in [3.8, 4) is 11.5 Å². The first-order chi connectivity index (χ1) is 8.71. The first-order valence-electron chi connectivity index (χ1n) is 5.79. The molecule has 1 aromatic carbocycles.